The molecule has 0 saturated heterocycles. The Labute approximate surface area is 165 Å². The maximum absolute atomic E-state index is 12.2. The summed E-state index contributed by atoms with van der Waals surface area (Å²) < 4.78 is 16.8. The van der Waals surface area contributed by atoms with Gasteiger partial charge < -0.3 is 18.9 Å². The fourth-order valence-electron chi connectivity index (χ4n) is 2.25. The normalized spacial score (nSPS) is 10.5. The quantitative estimate of drug-likeness (QED) is 0.569. The van der Waals surface area contributed by atoms with Gasteiger partial charge in [-0.05, 0) is 48.5 Å². The van der Waals surface area contributed by atoms with Crippen LogP contribution in [0, 0.1) is 0 Å². The zero-order valence-electron chi connectivity index (χ0n) is 14.9. The number of hydrogen-bond donors (Lipinski definition) is 0. The van der Waals surface area contributed by atoms with Gasteiger partial charge in [0.25, 0.3) is 5.91 Å². The van der Waals surface area contributed by atoms with Crippen LogP contribution in [0.4, 0.5) is 0 Å². The minimum atomic E-state index is -0.192. The second kappa shape index (κ2) is 8.68. The number of amides is 1. The van der Waals surface area contributed by atoms with Crippen LogP contribution in [-0.2, 0) is 11.3 Å². The number of aromatic nitrogens is 2. The van der Waals surface area contributed by atoms with Crippen molar-refractivity contribution in [2.24, 2.45) is 0 Å². The summed E-state index contributed by atoms with van der Waals surface area (Å²) in [7, 11) is 3.26. The van der Waals surface area contributed by atoms with Gasteiger partial charge in [0, 0.05) is 17.1 Å². The van der Waals surface area contributed by atoms with Gasteiger partial charge in [-0.25, -0.2) is 0 Å². The minimum absolute atomic E-state index is 0.0718. The number of ether oxygens (including phenoxy) is 2. The van der Waals surface area contributed by atoms with Crippen LogP contribution in [0.3, 0.4) is 0 Å². The van der Waals surface area contributed by atoms with Crippen LogP contribution >= 0.6 is 15.9 Å². The number of halogens is 1. The molecule has 3 rings (SSSR count). The van der Waals surface area contributed by atoms with Crippen LogP contribution < -0.4 is 9.47 Å². The van der Waals surface area contributed by atoms with Crippen LogP contribution in [0.15, 0.2) is 57.5 Å². The van der Waals surface area contributed by atoms with Gasteiger partial charge in [0.15, 0.2) is 6.61 Å². The van der Waals surface area contributed by atoms with E-state index < -0.39 is 0 Å². The van der Waals surface area contributed by atoms with E-state index in [1.165, 1.54) is 4.90 Å². The Kier molecular flexibility index (Phi) is 6.08. The maximum atomic E-state index is 12.2. The highest BCUT2D eigenvalue weighted by Gasteiger charge is 2.15. The van der Waals surface area contributed by atoms with E-state index >= 15 is 0 Å². The standard InChI is InChI=1S/C19H18BrN3O4/c1-23(18(24)12-26-16-9-5-14(20)6-10-16)11-17-21-19(22-27-17)13-3-7-15(25-2)8-4-13/h3-10H,11-12H2,1-2H3. The Morgan fingerprint density at radius 3 is 2.44 bits per heavy atom. The summed E-state index contributed by atoms with van der Waals surface area (Å²) in [5.41, 5.74) is 0.804. The number of carbonyl (C=O) groups is 1. The number of nitrogens with zero attached hydrogens (tertiary/aromatic N) is 3. The Bertz CT molecular complexity index is 894. The van der Waals surface area contributed by atoms with Crippen molar-refractivity contribution in [3.8, 4) is 22.9 Å². The number of benzene rings is 2. The van der Waals surface area contributed by atoms with Gasteiger partial charge in [-0.2, -0.15) is 4.98 Å². The molecule has 0 N–H and O–H groups in total. The molecule has 0 aliphatic heterocycles. The first-order valence-electron chi connectivity index (χ1n) is 8.14. The molecule has 2 aromatic carbocycles. The third-order valence-electron chi connectivity index (χ3n) is 3.79. The maximum Gasteiger partial charge on any atom is 0.260 e. The number of methoxy groups -OCH3 is 1. The molecule has 0 aliphatic rings. The second-order valence-electron chi connectivity index (χ2n) is 5.73. The zero-order valence-corrected chi connectivity index (χ0v) is 16.5. The topological polar surface area (TPSA) is 77.7 Å². The van der Waals surface area contributed by atoms with Crippen LogP contribution in [0.1, 0.15) is 5.89 Å². The zero-order chi connectivity index (χ0) is 19.2. The number of carbonyl (C=O) groups excluding carboxylic acids is 1. The first kappa shape index (κ1) is 18.9. The molecule has 0 atom stereocenters. The molecule has 0 aliphatic carbocycles. The van der Waals surface area contributed by atoms with Crippen molar-refractivity contribution in [1.82, 2.24) is 15.0 Å². The van der Waals surface area contributed by atoms with Crippen LogP contribution in [-0.4, -0.2) is 41.7 Å². The molecule has 7 nitrogen and oxygen atoms in total. The largest absolute Gasteiger partial charge is 0.497 e. The SMILES string of the molecule is COc1ccc(-c2noc(CN(C)C(=O)COc3ccc(Br)cc3)n2)cc1. The summed E-state index contributed by atoms with van der Waals surface area (Å²) in [6.07, 6.45) is 0. The van der Waals surface area contributed by atoms with E-state index in [1.807, 2.05) is 36.4 Å². The second-order valence-corrected chi connectivity index (χ2v) is 6.65. The van der Waals surface area contributed by atoms with Gasteiger partial charge in [-0.15, -0.1) is 0 Å². The van der Waals surface area contributed by atoms with E-state index in [-0.39, 0.29) is 19.1 Å². The number of likely N-dealkylation sites (N-methyl/N-ethyl adjacent to an activating group) is 1. The number of rotatable bonds is 7. The fraction of sp³-hybridized carbons (Fsp3) is 0.211. The predicted octanol–water partition coefficient (Wildman–Crippen LogP) is 3.55. The molecule has 27 heavy (non-hydrogen) atoms. The Hall–Kier alpha value is -2.87. The Morgan fingerprint density at radius 1 is 1.11 bits per heavy atom. The van der Waals surface area contributed by atoms with Gasteiger partial charge in [0.05, 0.1) is 13.7 Å². The lowest BCUT2D eigenvalue weighted by atomic mass is 10.2. The molecule has 0 radical (unpaired) electrons. The highest BCUT2D eigenvalue weighted by atomic mass is 79.9. The van der Waals surface area contributed by atoms with Crippen LogP contribution in [0.25, 0.3) is 11.4 Å². The molecule has 0 fully saturated rings. The van der Waals surface area contributed by atoms with Crippen LogP contribution in [0.2, 0.25) is 0 Å². The molecule has 1 aromatic heterocycles. The smallest absolute Gasteiger partial charge is 0.260 e. The average molecular weight is 432 g/mol. The lowest BCUT2D eigenvalue weighted by Crippen LogP contribution is -2.31. The van der Waals surface area contributed by atoms with Crippen molar-refractivity contribution in [3.05, 3.63) is 58.9 Å². The highest BCUT2D eigenvalue weighted by molar-refractivity contribution is 9.10. The van der Waals surface area contributed by atoms with E-state index in [9.17, 15) is 4.79 Å². The van der Waals surface area contributed by atoms with Gasteiger partial charge in [-0.3, -0.25) is 4.79 Å². The van der Waals surface area contributed by atoms with Crippen molar-refractivity contribution >= 4 is 21.8 Å². The summed E-state index contributed by atoms with van der Waals surface area (Å²) in [5.74, 6) is 1.99. The lowest BCUT2D eigenvalue weighted by molar-refractivity contribution is -0.132. The van der Waals surface area contributed by atoms with Crippen molar-refractivity contribution in [2.75, 3.05) is 20.8 Å². The molecule has 0 spiro atoms. The molecule has 0 bridgehead atoms. The predicted molar refractivity (Wildman–Crippen MR) is 102 cm³/mol. The molecule has 140 valence electrons. The van der Waals surface area contributed by atoms with Crippen molar-refractivity contribution < 1.29 is 18.8 Å². The Morgan fingerprint density at radius 2 is 1.78 bits per heavy atom. The molecule has 8 heteroatoms. The molecule has 1 heterocycles. The van der Waals surface area contributed by atoms with E-state index in [0.29, 0.717) is 17.5 Å². The van der Waals surface area contributed by atoms with E-state index in [2.05, 4.69) is 26.1 Å². The molecule has 0 unspecified atom stereocenters. The first-order chi connectivity index (χ1) is 13.0. The number of hydrogen-bond acceptors (Lipinski definition) is 6. The third-order valence-corrected chi connectivity index (χ3v) is 4.32. The summed E-state index contributed by atoms with van der Waals surface area (Å²) in [6.45, 7) is 0.128. The van der Waals surface area contributed by atoms with Crippen molar-refractivity contribution in [2.45, 2.75) is 6.54 Å². The van der Waals surface area contributed by atoms with Crippen molar-refractivity contribution in [1.29, 1.82) is 0 Å². The summed E-state index contributed by atoms with van der Waals surface area (Å²) in [5, 5.41) is 3.96. The first-order valence-corrected chi connectivity index (χ1v) is 8.94. The van der Waals surface area contributed by atoms with E-state index in [0.717, 1.165) is 15.8 Å². The molecule has 3 aromatic rings. The van der Waals surface area contributed by atoms with Gasteiger partial charge in [-0.1, -0.05) is 21.1 Å². The summed E-state index contributed by atoms with van der Waals surface area (Å²) in [4.78, 5) is 18.0. The van der Waals surface area contributed by atoms with E-state index in [4.69, 9.17) is 14.0 Å². The van der Waals surface area contributed by atoms with Gasteiger partial charge >= 0.3 is 0 Å². The Balaban J connectivity index is 1.55. The van der Waals surface area contributed by atoms with Gasteiger partial charge in [0.1, 0.15) is 11.5 Å². The summed E-state index contributed by atoms with van der Waals surface area (Å²) in [6, 6.07) is 14.6. The van der Waals surface area contributed by atoms with E-state index in [1.54, 1.807) is 26.3 Å². The van der Waals surface area contributed by atoms with Crippen LogP contribution in [0.5, 0.6) is 11.5 Å². The fourth-order valence-corrected chi connectivity index (χ4v) is 2.52. The molecular formula is C19H18BrN3O4. The third kappa shape index (κ3) is 5.07. The molecule has 1 amide bonds. The monoisotopic (exact) mass is 431 g/mol. The molecule has 0 saturated carbocycles. The molecular weight excluding hydrogens is 414 g/mol. The minimum Gasteiger partial charge on any atom is -0.497 e. The average Bonchev–Trinajstić information content (AvgIpc) is 3.15. The van der Waals surface area contributed by atoms with Crippen molar-refractivity contribution in [3.63, 3.8) is 0 Å². The highest BCUT2D eigenvalue weighted by Crippen LogP contribution is 2.20. The lowest BCUT2D eigenvalue weighted by Gasteiger charge is -2.15. The summed E-state index contributed by atoms with van der Waals surface area (Å²) >= 11 is 3.35. The van der Waals surface area contributed by atoms with Gasteiger partial charge in [0.2, 0.25) is 11.7 Å².